The van der Waals surface area contributed by atoms with Gasteiger partial charge in [-0.2, -0.15) is 5.26 Å². The summed E-state index contributed by atoms with van der Waals surface area (Å²) in [5.74, 6) is -0.910. The lowest BCUT2D eigenvalue weighted by Crippen LogP contribution is -2.20. The summed E-state index contributed by atoms with van der Waals surface area (Å²) >= 11 is 3.39. The second-order valence-electron chi connectivity index (χ2n) is 7.48. The summed E-state index contributed by atoms with van der Waals surface area (Å²) < 4.78 is 19.2. The zero-order valence-corrected chi connectivity index (χ0v) is 20.1. The number of carbonyl (C=O) groups excluding carboxylic acids is 2. The van der Waals surface area contributed by atoms with E-state index in [-0.39, 0.29) is 18.1 Å². The molecule has 34 heavy (non-hydrogen) atoms. The molecule has 0 spiro atoms. The maximum Gasteiger partial charge on any atom is 0.266 e. The normalized spacial score (nSPS) is 10.9. The summed E-state index contributed by atoms with van der Waals surface area (Å²) in [6, 6.07) is 17.8. The van der Waals surface area contributed by atoms with Crippen LogP contribution in [0.15, 0.2) is 70.7 Å². The number of rotatable bonds is 7. The molecule has 0 saturated carbocycles. The fraction of sp³-hybridized carbons (Fsp3) is 0.115. The van der Waals surface area contributed by atoms with Crippen LogP contribution in [0.25, 0.3) is 6.08 Å². The molecule has 0 saturated heterocycles. The van der Waals surface area contributed by atoms with Crippen molar-refractivity contribution in [3.05, 3.63) is 93.2 Å². The smallest absolute Gasteiger partial charge is 0.266 e. The van der Waals surface area contributed by atoms with Gasteiger partial charge in [-0.3, -0.25) is 9.59 Å². The van der Waals surface area contributed by atoms with E-state index in [4.69, 9.17) is 4.74 Å². The molecular formula is C26H21BrFN3O3. The quantitative estimate of drug-likeness (QED) is 0.305. The summed E-state index contributed by atoms with van der Waals surface area (Å²) in [5.41, 5.74) is 3.61. The lowest BCUT2D eigenvalue weighted by atomic mass is 10.1. The highest BCUT2D eigenvalue weighted by molar-refractivity contribution is 9.10. The first kappa shape index (κ1) is 24.7. The van der Waals surface area contributed by atoms with Gasteiger partial charge in [-0.25, -0.2) is 4.39 Å². The SMILES string of the molecule is Cc1ccc(NC(=O)COc2ccc(/C=C(\C#N)C(=O)Nc3ccc(F)cc3)cc2Br)c(C)c1. The Hall–Kier alpha value is -3.96. The topological polar surface area (TPSA) is 91.2 Å². The molecular weight excluding hydrogens is 501 g/mol. The number of benzene rings is 3. The molecule has 6 nitrogen and oxygen atoms in total. The molecule has 0 fully saturated rings. The maximum atomic E-state index is 13.0. The standard InChI is InChI=1S/C26H21BrFN3O3/c1-16-3-9-23(17(2)11-16)31-25(32)15-34-24-10-4-18(13-22(24)27)12-19(14-29)26(33)30-21-7-5-20(28)6-8-21/h3-13H,15H2,1-2H3,(H,30,33)(H,31,32)/b19-12+. The Bertz CT molecular complexity index is 1300. The third-order valence-electron chi connectivity index (χ3n) is 4.75. The fourth-order valence-electron chi connectivity index (χ4n) is 3.05. The number of amides is 2. The van der Waals surface area contributed by atoms with Crippen molar-refractivity contribution < 1.29 is 18.7 Å². The third kappa shape index (κ3) is 6.77. The van der Waals surface area contributed by atoms with Gasteiger partial charge < -0.3 is 15.4 Å². The van der Waals surface area contributed by atoms with Gasteiger partial charge in [-0.1, -0.05) is 23.8 Å². The zero-order chi connectivity index (χ0) is 24.7. The van der Waals surface area contributed by atoms with E-state index in [1.165, 1.54) is 30.3 Å². The molecule has 0 atom stereocenters. The number of hydrogen-bond acceptors (Lipinski definition) is 4. The highest BCUT2D eigenvalue weighted by Gasteiger charge is 2.12. The lowest BCUT2D eigenvalue weighted by molar-refractivity contribution is -0.118. The van der Waals surface area contributed by atoms with Crippen molar-refractivity contribution in [3.63, 3.8) is 0 Å². The molecule has 0 aliphatic rings. The molecule has 3 aromatic carbocycles. The Labute approximate surface area is 205 Å². The van der Waals surface area contributed by atoms with Crippen LogP contribution in [0.4, 0.5) is 15.8 Å². The summed E-state index contributed by atoms with van der Waals surface area (Å²) in [4.78, 5) is 24.6. The number of nitriles is 1. The van der Waals surface area contributed by atoms with Crippen LogP contribution in [0, 0.1) is 31.0 Å². The molecule has 172 valence electrons. The van der Waals surface area contributed by atoms with Crippen LogP contribution in [0.5, 0.6) is 5.75 Å². The average Bonchev–Trinajstić information content (AvgIpc) is 2.80. The molecule has 0 bridgehead atoms. The van der Waals surface area contributed by atoms with Crippen molar-refractivity contribution in [1.29, 1.82) is 5.26 Å². The summed E-state index contributed by atoms with van der Waals surface area (Å²) in [5, 5.41) is 14.8. The summed E-state index contributed by atoms with van der Waals surface area (Å²) in [6.07, 6.45) is 1.42. The molecule has 3 rings (SSSR count). The van der Waals surface area contributed by atoms with E-state index >= 15 is 0 Å². The van der Waals surface area contributed by atoms with E-state index in [1.807, 2.05) is 38.1 Å². The van der Waals surface area contributed by atoms with Crippen molar-refractivity contribution in [1.82, 2.24) is 0 Å². The Morgan fingerprint density at radius 3 is 2.44 bits per heavy atom. The second kappa shape index (κ2) is 11.3. The third-order valence-corrected chi connectivity index (χ3v) is 5.37. The molecule has 0 heterocycles. The molecule has 3 aromatic rings. The van der Waals surface area contributed by atoms with Gasteiger partial charge >= 0.3 is 0 Å². The Morgan fingerprint density at radius 2 is 1.79 bits per heavy atom. The number of carbonyl (C=O) groups is 2. The van der Waals surface area contributed by atoms with Crippen molar-refractivity contribution in [2.45, 2.75) is 13.8 Å². The fourth-order valence-corrected chi connectivity index (χ4v) is 3.57. The molecule has 8 heteroatoms. The van der Waals surface area contributed by atoms with Crippen molar-refractivity contribution >= 4 is 45.2 Å². The van der Waals surface area contributed by atoms with Gasteiger partial charge in [-0.15, -0.1) is 0 Å². The van der Waals surface area contributed by atoms with Crippen molar-refractivity contribution in [3.8, 4) is 11.8 Å². The van der Waals surface area contributed by atoms with E-state index in [2.05, 4.69) is 26.6 Å². The zero-order valence-electron chi connectivity index (χ0n) is 18.5. The minimum atomic E-state index is -0.617. The van der Waals surface area contributed by atoms with E-state index in [0.29, 0.717) is 21.5 Å². The number of anilines is 2. The number of ether oxygens (including phenoxy) is 1. The van der Waals surface area contributed by atoms with Gasteiger partial charge in [0.15, 0.2) is 6.61 Å². The first-order valence-electron chi connectivity index (χ1n) is 10.2. The van der Waals surface area contributed by atoms with Crippen LogP contribution in [0.2, 0.25) is 0 Å². The predicted octanol–water partition coefficient (Wildman–Crippen LogP) is 5.77. The maximum absolute atomic E-state index is 13.0. The molecule has 0 radical (unpaired) electrons. The predicted molar refractivity (Wildman–Crippen MR) is 133 cm³/mol. The first-order chi connectivity index (χ1) is 16.2. The van der Waals surface area contributed by atoms with Crippen molar-refractivity contribution in [2.75, 3.05) is 17.2 Å². The largest absolute Gasteiger partial charge is 0.483 e. The van der Waals surface area contributed by atoms with Crippen LogP contribution in [-0.4, -0.2) is 18.4 Å². The Balaban J connectivity index is 1.63. The Morgan fingerprint density at radius 1 is 1.06 bits per heavy atom. The molecule has 0 aliphatic carbocycles. The van der Waals surface area contributed by atoms with Crippen molar-refractivity contribution in [2.24, 2.45) is 0 Å². The molecule has 0 aromatic heterocycles. The summed E-state index contributed by atoms with van der Waals surface area (Å²) in [6.45, 7) is 3.71. The number of hydrogen-bond donors (Lipinski definition) is 2. The molecule has 0 aliphatic heterocycles. The van der Waals surface area contributed by atoms with Gasteiger partial charge in [0, 0.05) is 11.4 Å². The van der Waals surface area contributed by atoms with Crippen LogP contribution < -0.4 is 15.4 Å². The highest BCUT2D eigenvalue weighted by atomic mass is 79.9. The van der Waals surface area contributed by atoms with E-state index in [0.717, 1.165) is 16.8 Å². The van der Waals surface area contributed by atoms with Gasteiger partial charge in [0.05, 0.1) is 4.47 Å². The van der Waals surface area contributed by atoms with E-state index in [9.17, 15) is 19.2 Å². The second-order valence-corrected chi connectivity index (χ2v) is 8.33. The minimum Gasteiger partial charge on any atom is -0.483 e. The summed E-state index contributed by atoms with van der Waals surface area (Å²) in [7, 11) is 0. The number of aryl methyl sites for hydroxylation is 2. The average molecular weight is 522 g/mol. The van der Waals surface area contributed by atoms with Gasteiger partial charge in [-0.05, 0) is 89.4 Å². The molecule has 0 unspecified atom stereocenters. The Kier molecular flexibility index (Phi) is 8.17. The molecule has 2 amide bonds. The number of nitrogens with zero attached hydrogens (tertiary/aromatic N) is 1. The first-order valence-corrected chi connectivity index (χ1v) is 11.0. The monoisotopic (exact) mass is 521 g/mol. The van der Waals surface area contributed by atoms with Crippen LogP contribution >= 0.6 is 15.9 Å². The number of nitrogens with one attached hydrogen (secondary N) is 2. The van der Waals surface area contributed by atoms with E-state index < -0.39 is 11.7 Å². The molecule has 2 N–H and O–H groups in total. The minimum absolute atomic E-state index is 0.127. The van der Waals surface area contributed by atoms with Gasteiger partial charge in [0.25, 0.3) is 11.8 Å². The lowest BCUT2D eigenvalue weighted by Gasteiger charge is -2.11. The highest BCUT2D eigenvalue weighted by Crippen LogP contribution is 2.27. The van der Waals surface area contributed by atoms with Gasteiger partial charge in [0.1, 0.15) is 23.2 Å². The van der Waals surface area contributed by atoms with Crippen LogP contribution in [0.3, 0.4) is 0 Å². The van der Waals surface area contributed by atoms with E-state index in [1.54, 1.807) is 18.2 Å². The van der Waals surface area contributed by atoms with Crippen LogP contribution in [-0.2, 0) is 9.59 Å². The van der Waals surface area contributed by atoms with Crippen LogP contribution in [0.1, 0.15) is 16.7 Å². The number of halogens is 2. The van der Waals surface area contributed by atoms with Gasteiger partial charge in [0.2, 0.25) is 0 Å².